The normalized spacial score (nSPS) is 16.1. The van der Waals surface area contributed by atoms with E-state index in [0.29, 0.717) is 23.5 Å². The summed E-state index contributed by atoms with van der Waals surface area (Å²) >= 11 is 0. The Morgan fingerprint density at radius 1 is 1.28 bits per heavy atom. The third-order valence-electron chi connectivity index (χ3n) is 5.10. The van der Waals surface area contributed by atoms with Crippen LogP contribution in [0.5, 0.6) is 0 Å². The molecule has 0 atom stereocenters. The van der Waals surface area contributed by atoms with Gasteiger partial charge in [0.2, 0.25) is 10.0 Å². The molecular weight excluding hydrogens is 394 g/mol. The number of carbonyl (C=O) groups is 1. The Bertz CT molecular complexity index is 952. The molecule has 2 heterocycles. The number of rotatable bonds is 6. The van der Waals surface area contributed by atoms with Crippen LogP contribution < -0.4 is 4.73 Å². The van der Waals surface area contributed by atoms with Crippen molar-refractivity contribution in [1.82, 2.24) is 9.29 Å². The third kappa shape index (κ3) is 4.91. The van der Waals surface area contributed by atoms with E-state index < -0.39 is 21.9 Å². The molecular formula is C20H25N3O5S. The molecule has 8 nitrogen and oxygen atoms in total. The smallest absolute Gasteiger partial charge is 0.339 e. The molecule has 0 saturated carbocycles. The summed E-state index contributed by atoms with van der Waals surface area (Å²) in [6, 6.07) is 8.43. The molecule has 1 aromatic carbocycles. The molecule has 0 spiro atoms. The molecule has 0 bridgehead atoms. The summed E-state index contributed by atoms with van der Waals surface area (Å²) in [5, 5.41) is 11.5. The maximum Gasteiger partial charge on any atom is 0.339 e. The molecule has 1 aliphatic heterocycles. The second-order valence-electron chi connectivity index (χ2n) is 7.37. The van der Waals surface area contributed by atoms with Crippen molar-refractivity contribution in [3.8, 4) is 0 Å². The van der Waals surface area contributed by atoms with Gasteiger partial charge < -0.3 is 9.94 Å². The number of nitrogens with zero attached hydrogens (tertiary/aromatic N) is 3. The van der Waals surface area contributed by atoms with Crippen LogP contribution in [0.25, 0.3) is 0 Å². The van der Waals surface area contributed by atoms with Gasteiger partial charge in [0.1, 0.15) is 6.20 Å². The van der Waals surface area contributed by atoms with Gasteiger partial charge in [-0.2, -0.15) is 4.31 Å². The van der Waals surface area contributed by atoms with Crippen LogP contribution in [0, 0.1) is 11.1 Å². The summed E-state index contributed by atoms with van der Waals surface area (Å²) in [5.41, 5.74) is 1.08. The molecule has 0 radical (unpaired) electrons. The molecule has 0 aliphatic carbocycles. The summed E-state index contributed by atoms with van der Waals surface area (Å²) < 4.78 is 32.9. The number of piperidine rings is 1. The van der Waals surface area contributed by atoms with Crippen LogP contribution in [0.2, 0.25) is 0 Å². The van der Waals surface area contributed by atoms with Gasteiger partial charge in [0.15, 0.2) is 6.61 Å². The molecule has 0 N–H and O–H groups in total. The van der Waals surface area contributed by atoms with Crippen molar-refractivity contribution >= 4 is 16.0 Å². The van der Waals surface area contributed by atoms with Gasteiger partial charge in [0.05, 0.1) is 17.0 Å². The zero-order valence-electron chi connectivity index (χ0n) is 16.5. The summed E-state index contributed by atoms with van der Waals surface area (Å²) in [5.74, 6) is -0.399. The van der Waals surface area contributed by atoms with Crippen LogP contribution >= 0.6 is 0 Å². The van der Waals surface area contributed by atoms with Gasteiger partial charge in [-0.1, -0.05) is 26.0 Å². The maximum absolute atomic E-state index is 12.9. The Hall–Kier alpha value is -2.52. The van der Waals surface area contributed by atoms with Gasteiger partial charge in [-0.15, -0.1) is 0 Å². The van der Waals surface area contributed by atoms with E-state index in [4.69, 9.17) is 4.74 Å². The number of ether oxygens (including phenoxy) is 1. The highest BCUT2D eigenvalue weighted by Gasteiger charge is 2.33. The van der Waals surface area contributed by atoms with Crippen LogP contribution in [0.1, 0.15) is 44.0 Å². The number of carbonyl (C=O) groups excluding carboxylic acids is 1. The monoisotopic (exact) mass is 419 g/mol. The fourth-order valence-electron chi connectivity index (χ4n) is 3.25. The van der Waals surface area contributed by atoms with E-state index in [9.17, 15) is 18.4 Å². The lowest BCUT2D eigenvalue weighted by molar-refractivity contribution is -0.620. The molecule has 1 aromatic heterocycles. The van der Waals surface area contributed by atoms with E-state index in [2.05, 4.69) is 18.8 Å². The molecule has 29 heavy (non-hydrogen) atoms. The van der Waals surface area contributed by atoms with Gasteiger partial charge in [-0.3, -0.25) is 4.79 Å². The highest BCUT2D eigenvalue weighted by atomic mass is 32.2. The molecule has 2 aromatic rings. The third-order valence-corrected chi connectivity index (χ3v) is 7.01. The number of aromatic nitrogens is 2. The Kier molecular flexibility index (Phi) is 6.49. The molecule has 9 heteroatoms. The van der Waals surface area contributed by atoms with Gasteiger partial charge in [0, 0.05) is 19.2 Å². The minimum atomic E-state index is -3.59. The second kappa shape index (κ2) is 8.87. The summed E-state index contributed by atoms with van der Waals surface area (Å²) in [6.45, 7) is 4.40. The fourth-order valence-corrected chi connectivity index (χ4v) is 4.72. The van der Waals surface area contributed by atoms with Crippen molar-refractivity contribution in [2.45, 2.75) is 44.1 Å². The van der Waals surface area contributed by atoms with Gasteiger partial charge in [0.25, 0.3) is 0 Å². The Morgan fingerprint density at radius 2 is 1.93 bits per heavy atom. The van der Waals surface area contributed by atoms with E-state index in [1.54, 1.807) is 12.1 Å². The average molecular weight is 420 g/mol. The predicted molar refractivity (Wildman–Crippen MR) is 105 cm³/mol. The first kappa shape index (κ1) is 21.2. The lowest BCUT2D eigenvalue weighted by Gasteiger charge is -2.30. The predicted octanol–water partition coefficient (Wildman–Crippen LogP) is 1.98. The van der Waals surface area contributed by atoms with Crippen molar-refractivity contribution < 1.29 is 22.7 Å². The first-order chi connectivity index (χ1) is 13.8. The van der Waals surface area contributed by atoms with Crippen molar-refractivity contribution in [2.24, 2.45) is 5.92 Å². The van der Waals surface area contributed by atoms with E-state index in [0.717, 1.165) is 5.56 Å². The molecule has 0 unspecified atom stereocenters. The first-order valence-corrected chi connectivity index (χ1v) is 11.0. The number of hydrogen-bond donors (Lipinski definition) is 0. The molecule has 1 saturated heterocycles. The summed E-state index contributed by atoms with van der Waals surface area (Å²) in [7, 11) is -3.59. The van der Waals surface area contributed by atoms with Crippen LogP contribution in [-0.4, -0.2) is 36.8 Å². The minimum absolute atomic E-state index is 0.103. The zero-order valence-corrected chi connectivity index (χ0v) is 17.3. The molecule has 0 amide bonds. The Balaban J connectivity index is 1.56. The van der Waals surface area contributed by atoms with E-state index in [-0.39, 0.29) is 30.4 Å². The summed E-state index contributed by atoms with van der Waals surface area (Å²) in [6.07, 6.45) is 3.49. The van der Waals surface area contributed by atoms with Gasteiger partial charge in [-0.05, 0) is 41.4 Å². The largest absolute Gasteiger partial charge is 0.711 e. The Labute approximate surface area is 170 Å². The molecule has 1 aliphatic rings. The van der Waals surface area contributed by atoms with E-state index in [1.807, 2.05) is 12.1 Å². The lowest BCUT2D eigenvalue weighted by Crippen LogP contribution is -2.41. The topological polar surface area (TPSA) is 104 Å². The maximum atomic E-state index is 12.9. The van der Waals surface area contributed by atoms with Crippen molar-refractivity contribution in [1.29, 1.82) is 0 Å². The van der Waals surface area contributed by atoms with Crippen LogP contribution in [0.4, 0.5) is 0 Å². The average Bonchev–Trinajstić information content (AvgIpc) is 2.73. The van der Waals surface area contributed by atoms with Gasteiger partial charge in [-0.25, -0.2) is 13.1 Å². The van der Waals surface area contributed by atoms with E-state index in [1.165, 1.54) is 22.8 Å². The van der Waals surface area contributed by atoms with Gasteiger partial charge >= 0.3 is 11.8 Å². The molecule has 156 valence electrons. The first-order valence-electron chi connectivity index (χ1n) is 9.59. The van der Waals surface area contributed by atoms with Crippen LogP contribution in [0.3, 0.4) is 0 Å². The standard InChI is InChI=1S/C20H25N3O5S/c1-15(2)16-4-6-18(7-5-16)29(26,27)22-12-8-17(9-13-22)20(24)28-14-19-21-10-3-11-23(19)25/h3-7,10-11,15,17H,8-9,12-14H2,1-2H3. The van der Waals surface area contributed by atoms with Crippen molar-refractivity contribution in [2.75, 3.05) is 13.1 Å². The number of esters is 1. The second-order valence-corrected chi connectivity index (χ2v) is 9.31. The molecule has 1 fully saturated rings. The van der Waals surface area contributed by atoms with Crippen molar-refractivity contribution in [3.05, 3.63) is 59.3 Å². The quantitative estimate of drug-likeness (QED) is 0.403. The number of hydrogen-bond acceptors (Lipinski definition) is 6. The number of benzene rings is 1. The summed E-state index contributed by atoms with van der Waals surface area (Å²) in [4.78, 5) is 16.4. The molecule has 3 rings (SSSR count). The zero-order chi connectivity index (χ0) is 21.0. The number of sulfonamides is 1. The van der Waals surface area contributed by atoms with Crippen LogP contribution in [-0.2, 0) is 26.2 Å². The fraction of sp³-hybridized carbons (Fsp3) is 0.450. The minimum Gasteiger partial charge on any atom is -0.711 e. The van der Waals surface area contributed by atoms with Crippen molar-refractivity contribution in [3.63, 3.8) is 0 Å². The Morgan fingerprint density at radius 3 is 2.52 bits per heavy atom. The van der Waals surface area contributed by atoms with Crippen LogP contribution in [0.15, 0.2) is 47.6 Å². The SMILES string of the molecule is CC(C)c1ccc(S(=O)(=O)N2CCC(C(=O)OCc3nccc[n+]3[O-])CC2)cc1. The lowest BCUT2D eigenvalue weighted by atomic mass is 9.98. The highest BCUT2D eigenvalue weighted by molar-refractivity contribution is 7.89. The highest BCUT2D eigenvalue weighted by Crippen LogP contribution is 2.26. The van der Waals surface area contributed by atoms with E-state index >= 15 is 0 Å².